The summed E-state index contributed by atoms with van der Waals surface area (Å²) < 4.78 is 5.49. The molecule has 4 aliphatic rings. The summed E-state index contributed by atoms with van der Waals surface area (Å²) in [5, 5.41) is 0. The van der Waals surface area contributed by atoms with Crippen LogP contribution in [0, 0.1) is 22.7 Å². The molecule has 2 unspecified atom stereocenters. The molecule has 2 nitrogen and oxygen atoms in total. The lowest BCUT2D eigenvalue weighted by atomic mass is 9.45. The second-order valence-corrected chi connectivity index (χ2v) is 8.78. The maximum atomic E-state index is 13.4. The van der Waals surface area contributed by atoms with Crippen molar-refractivity contribution in [3.63, 3.8) is 0 Å². The Morgan fingerprint density at radius 3 is 1.81 bits per heavy atom. The van der Waals surface area contributed by atoms with E-state index >= 15 is 0 Å². The highest BCUT2D eigenvalue weighted by Gasteiger charge is 2.68. The van der Waals surface area contributed by atoms with Gasteiger partial charge in [0.1, 0.15) is 0 Å². The third kappa shape index (κ3) is 2.10. The molecule has 0 N–H and O–H groups in total. The van der Waals surface area contributed by atoms with E-state index in [1.165, 1.54) is 22.3 Å². The lowest BCUT2D eigenvalue weighted by Gasteiger charge is -2.57. The SMILES string of the molecule is COC(=O)C12C(c3ccccc3)=C(c3ccccc3)C3(C)CC1CCC2C3. The average Bonchev–Trinajstić information content (AvgIpc) is 2.96. The van der Waals surface area contributed by atoms with E-state index in [9.17, 15) is 4.79 Å². The number of hydrogen-bond acceptors (Lipinski definition) is 2. The summed E-state index contributed by atoms with van der Waals surface area (Å²) in [5.74, 6) is 0.747. The number of hydrogen-bond donors (Lipinski definition) is 0. The summed E-state index contributed by atoms with van der Waals surface area (Å²) in [6.45, 7) is 2.42. The van der Waals surface area contributed by atoms with Gasteiger partial charge in [-0.25, -0.2) is 0 Å². The molecule has 0 aliphatic heterocycles. The third-order valence-corrected chi connectivity index (χ3v) is 7.46. The first-order chi connectivity index (χ1) is 13.1. The van der Waals surface area contributed by atoms with Gasteiger partial charge in [0.2, 0.25) is 0 Å². The van der Waals surface area contributed by atoms with E-state index in [0.29, 0.717) is 11.8 Å². The molecule has 2 saturated carbocycles. The van der Waals surface area contributed by atoms with Crippen molar-refractivity contribution >= 4 is 17.1 Å². The highest BCUT2D eigenvalue weighted by Crippen LogP contribution is 2.74. The Labute approximate surface area is 161 Å². The van der Waals surface area contributed by atoms with Gasteiger partial charge in [0.25, 0.3) is 0 Å². The van der Waals surface area contributed by atoms with E-state index in [4.69, 9.17) is 4.74 Å². The van der Waals surface area contributed by atoms with Crippen LogP contribution >= 0.6 is 0 Å². The van der Waals surface area contributed by atoms with E-state index in [0.717, 1.165) is 25.7 Å². The number of rotatable bonds is 3. The molecule has 0 radical (unpaired) electrons. The number of esters is 1. The molecule has 4 aliphatic carbocycles. The zero-order valence-electron chi connectivity index (χ0n) is 16.1. The van der Waals surface area contributed by atoms with Crippen molar-refractivity contribution < 1.29 is 9.53 Å². The fourth-order valence-electron chi connectivity index (χ4n) is 6.70. The molecule has 0 aromatic heterocycles. The Balaban J connectivity index is 1.89. The summed E-state index contributed by atoms with van der Waals surface area (Å²) in [4.78, 5) is 13.4. The number of methoxy groups -OCH3 is 1. The van der Waals surface area contributed by atoms with Crippen LogP contribution in [0.3, 0.4) is 0 Å². The zero-order chi connectivity index (χ0) is 18.6. The van der Waals surface area contributed by atoms with E-state index in [2.05, 4.69) is 67.6 Å². The minimum atomic E-state index is -0.487. The summed E-state index contributed by atoms with van der Waals surface area (Å²) in [5.41, 5.74) is 4.69. The number of carbonyl (C=O) groups is 1. The lowest BCUT2D eigenvalue weighted by Crippen LogP contribution is -2.53. The molecule has 0 heterocycles. The van der Waals surface area contributed by atoms with Crippen LogP contribution in [-0.4, -0.2) is 13.1 Å². The van der Waals surface area contributed by atoms with Crippen LogP contribution in [0.15, 0.2) is 60.7 Å². The van der Waals surface area contributed by atoms with Gasteiger partial charge >= 0.3 is 5.97 Å². The number of carbonyl (C=O) groups excluding carboxylic acids is 1. The van der Waals surface area contributed by atoms with Gasteiger partial charge in [-0.1, -0.05) is 67.6 Å². The smallest absolute Gasteiger partial charge is 0.316 e. The molecule has 138 valence electrons. The van der Waals surface area contributed by atoms with Crippen molar-refractivity contribution in [2.24, 2.45) is 22.7 Å². The predicted octanol–water partition coefficient (Wildman–Crippen LogP) is 5.60. The first-order valence-corrected chi connectivity index (χ1v) is 10.1. The first kappa shape index (κ1) is 16.8. The lowest BCUT2D eigenvalue weighted by molar-refractivity contribution is -0.157. The molecule has 2 fully saturated rings. The summed E-state index contributed by atoms with van der Waals surface area (Å²) in [7, 11) is 1.56. The molecule has 2 aromatic rings. The Bertz CT molecular complexity index is 896. The van der Waals surface area contributed by atoms with E-state index < -0.39 is 5.41 Å². The van der Waals surface area contributed by atoms with Gasteiger partial charge in [-0.15, -0.1) is 0 Å². The molecule has 6 rings (SSSR count). The maximum Gasteiger partial charge on any atom is 0.316 e. The molecule has 0 amide bonds. The molecular weight excluding hydrogens is 332 g/mol. The number of ether oxygens (including phenoxy) is 1. The third-order valence-electron chi connectivity index (χ3n) is 7.46. The van der Waals surface area contributed by atoms with Crippen LogP contribution in [0.25, 0.3) is 11.1 Å². The molecule has 2 heteroatoms. The van der Waals surface area contributed by atoms with E-state index in [-0.39, 0.29) is 11.4 Å². The van der Waals surface area contributed by atoms with Gasteiger partial charge in [-0.3, -0.25) is 4.79 Å². The fraction of sp³-hybridized carbons (Fsp3) is 0.400. The van der Waals surface area contributed by atoms with Crippen LogP contribution in [-0.2, 0) is 9.53 Å². The van der Waals surface area contributed by atoms with Gasteiger partial charge in [0.15, 0.2) is 0 Å². The topological polar surface area (TPSA) is 26.3 Å². The summed E-state index contributed by atoms with van der Waals surface area (Å²) >= 11 is 0. The Morgan fingerprint density at radius 1 is 0.852 bits per heavy atom. The second-order valence-electron chi connectivity index (χ2n) is 8.78. The van der Waals surface area contributed by atoms with Crippen molar-refractivity contribution in [1.29, 1.82) is 0 Å². The van der Waals surface area contributed by atoms with Crippen LogP contribution in [0.2, 0.25) is 0 Å². The number of benzene rings is 2. The molecule has 27 heavy (non-hydrogen) atoms. The van der Waals surface area contributed by atoms with Gasteiger partial charge in [-0.2, -0.15) is 0 Å². The largest absolute Gasteiger partial charge is 0.468 e. The van der Waals surface area contributed by atoms with Crippen molar-refractivity contribution in [3.05, 3.63) is 71.8 Å². The molecule has 2 atom stereocenters. The van der Waals surface area contributed by atoms with Gasteiger partial charge in [0, 0.05) is 0 Å². The molecule has 0 spiro atoms. The highest BCUT2D eigenvalue weighted by atomic mass is 16.5. The van der Waals surface area contributed by atoms with Crippen LogP contribution in [0.4, 0.5) is 0 Å². The van der Waals surface area contributed by atoms with Crippen LogP contribution in [0.1, 0.15) is 43.7 Å². The summed E-state index contributed by atoms with van der Waals surface area (Å²) in [6.07, 6.45) is 4.43. The van der Waals surface area contributed by atoms with Crippen LogP contribution < -0.4 is 0 Å². The van der Waals surface area contributed by atoms with Crippen molar-refractivity contribution in [2.45, 2.75) is 32.6 Å². The molecule has 0 saturated heterocycles. The van der Waals surface area contributed by atoms with E-state index in [1.54, 1.807) is 7.11 Å². The monoisotopic (exact) mass is 358 g/mol. The minimum absolute atomic E-state index is 0.0240. The normalized spacial score (nSPS) is 34.0. The van der Waals surface area contributed by atoms with Crippen LogP contribution in [0.5, 0.6) is 0 Å². The zero-order valence-corrected chi connectivity index (χ0v) is 16.1. The standard InChI is InChI=1S/C25H26O2/c1-24-15-19-13-14-20(16-24)25(19,23(26)27-2)22(18-11-7-4-8-12-18)21(24)17-9-5-3-6-10-17/h3-12,19-20H,13-16H2,1-2H3. The maximum absolute atomic E-state index is 13.4. The second kappa shape index (κ2) is 5.82. The number of allylic oxidation sites excluding steroid dienone is 1. The van der Waals surface area contributed by atoms with E-state index in [1.807, 2.05) is 0 Å². The van der Waals surface area contributed by atoms with Crippen molar-refractivity contribution in [3.8, 4) is 0 Å². The summed E-state index contributed by atoms with van der Waals surface area (Å²) in [6, 6.07) is 21.3. The molecule has 4 bridgehead atoms. The highest BCUT2D eigenvalue weighted by molar-refractivity contribution is 6.07. The van der Waals surface area contributed by atoms with Gasteiger partial charge in [0.05, 0.1) is 12.5 Å². The minimum Gasteiger partial charge on any atom is -0.468 e. The average molecular weight is 358 g/mol. The Kier molecular flexibility index (Phi) is 3.62. The Hall–Kier alpha value is -2.35. The molecule has 2 aromatic carbocycles. The van der Waals surface area contributed by atoms with Gasteiger partial charge in [-0.05, 0) is 65.2 Å². The Morgan fingerprint density at radius 2 is 1.33 bits per heavy atom. The predicted molar refractivity (Wildman–Crippen MR) is 108 cm³/mol. The first-order valence-electron chi connectivity index (χ1n) is 10.1. The molecular formula is C25H26O2. The van der Waals surface area contributed by atoms with Crippen molar-refractivity contribution in [1.82, 2.24) is 0 Å². The van der Waals surface area contributed by atoms with Gasteiger partial charge < -0.3 is 4.74 Å². The fourth-order valence-corrected chi connectivity index (χ4v) is 6.70. The quantitative estimate of drug-likeness (QED) is 0.668. The van der Waals surface area contributed by atoms with Crippen molar-refractivity contribution in [2.75, 3.05) is 7.11 Å².